The average molecular weight is 328 g/mol. The van der Waals surface area contributed by atoms with Crippen LogP contribution in [0, 0.1) is 13.8 Å². The molecule has 1 aliphatic rings. The molecule has 128 valence electrons. The normalized spacial score (nSPS) is 21.1. The number of rotatable bonds is 3. The molecule has 0 saturated carbocycles. The molecule has 0 aromatic carbocycles. The highest BCUT2D eigenvalue weighted by Crippen LogP contribution is 2.25. The van der Waals surface area contributed by atoms with Crippen molar-refractivity contribution in [2.24, 2.45) is 0 Å². The van der Waals surface area contributed by atoms with E-state index in [1.165, 1.54) is 0 Å². The van der Waals surface area contributed by atoms with Gasteiger partial charge in [0, 0.05) is 36.1 Å². The zero-order chi connectivity index (χ0) is 17.3. The van der Waals surface area contributed by atoms with Gasteiger partial charge in [0.2, 0.25) is 0 Å². The Bertz CT molecular complexity index is 785. The third-order valence-electron chi connectivity index (χ3n) is 4.82. The first-order valence-corrected chi connectivity index (χ1v) is 8.35. The Hall–Kier alpha value is -2.21. The van der Waals surface area contributed by atoms with Gasteiger partial charge in [0.1, 0.15) is 11.6 Å². The number of H-pyrrole nitrogens is 1. The molecule has 0 bridgehead atoms. The monoisotopic (exact) mass is 328 g/mol. The van der Waals surface area contributed by atoms with E-state index in [0.717, 1.165) is 36.6 Å². The minimum Gasteiger partial charge on any atom is -0.372 e. The van der Waals surface area contributed by atoms with Crippen molar-refractivity contribution >= 4 is 5.82 Å². The predicted molar refractivity (Wildman–Crippen MR) is 94.4 cm³/mol. The van der Waals surface area contributed by atoms with Crippen molar-refractivity contribution in [3.05, 3.63) is 39.9 Å². The molecule has 3 rings (SSSR count). The van der Waals surface area contributed by atoms with Crippen LogP contribution in [0.15, 0.2) is 23.1 Å². The number of morpholine rings is 1. The highest BCUT2D eigenvalue weighted by atomic mass is 16.5. The lowest BCUT2D eigenvalue weighted by Gasteiger charge is -2.40. The highest BCUT2D eigenvalue weighted by molar-refractivity contribution is 5.56. The maximum atomic E-state index is 11.9. The Morgan fingerprint density at radius 2 is 2.17 bits per heavy atom. The van der Waals surface area contributed by atoms with E-state index in [1.54, 1.807) is 13.1 Å². The molecule has 2 aromatic heterocycles. The third-order valence-corrected chi connectivity index (χ3v) is 4.82. The maximum Gasteiger partial charge on any atom is 0.254 e. The van der Waals surface area contributed by atoms with Crippen LogP contribution >= 0.6 is 0 Å². The summed E-state index contributed by atoms with van der Waals surface area (Å²) in [5.74, 6) is 1.48. The van der Waals surface area contributed by atoms with Crippen molar-refractivity contribution in [2.45, 2.75) is 39.7 Å². The minimum absolute atomic E-state index is 0.103. The third kappa shape index (κ3) is 3.19. The van der Waals surface area contributed by atoms with E-state index in [2.05, 4.69) is 33.7 Å². The van der Waals surface area contributed by atoms with Crippen LogP contribution in [0.3, 0.4) is 0 Å². The lowest BCUT2D eigenvalue weighted by molar-refractivity contribution is -0.0443. The van der Waals surface area contributed by atoms with Crippen LogP contribution in [0.4, 0.5) is 5.82 Å². The van der Waals surface area contributed by atoms with Crippen LogP contribution in [0.25, 0.3) is 11.4 Å². The van der Waals surface area contributed by atoms with Crippen molar-refractivity contribution in [3.63, 3.8) is 0 Å². The van der Waals surface area contributed by atoms with Crippen LogP contribution in [0.5, 0.6) is 0 Å². The molecule has 6 heteroatoms. The zero-order valence-electron chi connectivity index (χ0n) is 14.7. The summed E-state index contributed by atoms with van der Waals surface area (Å²) in [5, 5.41) is 0. The van der Waals surface area contributed by atoms with E-state index in [0.29, 0.717) is 18.0 Å². The Kier molecular flexibility index (Phi) is 4.41. The molecule has 1 atom stereocenters. The van der Waals surface area contributed by atoms with Gasteiger partial charge in [-0.15, -0.1) is 0 Å². The molecule has 1 fully saturated rings. The number of anilines is 1. The van der Waals surface area contributed by atoms with Gasteiger partial charge < -0.3 is 14.6 Å². The molecular weight excluding hydrogens is 304 g/mol. The van der Waals surface area contributed by atoms with E-state index < -0.39 is 0 Å². The minimum atomic E-state index is -0.126. The second-order valence-electron chi connectivity index (χ2n) is 6.60. The number of aromatic amines is 1. The first kappa shape index (κ1) is 16.6. The van der Waals surface area contributed by atoms with Gasteiger partial charge in [-0.2, -0.15) is 0 Å². The van der Waals surface area contributed by atoms with E-state index in [9.17, 15) is 4.79 Å². The van der Waals surface area contributed by atoms with Crippen LogP contribution < -0.4 is 10.5 Å². The van der Waals surface area contributed by atoms with Gasteiger partial charge in [-0.05, 0) is 39.3 Å². The van der Waals surface area contributed by atoms with Crippen LogP contribution in [0.2, 0.25) is 0 Å². The molecule has 6 nitrogen and oxygen atoms in total. The highest BCUT2D eigenvalue weighted by Gasteiger charge is 2.30. The number of hydrogen-bond acceptors (Lipinski definition) is 5. The Balaban J connectivity index is 1.85. The Labute approximate surface area is 141 Å². The molecule has 1 aliphatic heterocycles. The standard InChI is InChI=1S/C18H24N4O2/c1-5-18(4)11-22(8-9-24-18)15-7-6-14(10-19-15)16-20-13(3)12(2)17(23)21-16/h6-7,10H,5,8-9,11H2,1-4H3,(H,20,21,23). The van der Waals surface area contributed by atoms with Crippen molar-refractivity contribution in [1.82, 2.24) is 15.0 Å². The number of aryl methyl sites for hydroxylation is 1. The number of pyridine rings is 1. The van der Waals surface area contributed by atoms with Gasteiger partial charge in [0.15, 0.2) is 0 Å². The van der Waals surface area contributed by atoms with Crippen molar-refractivity contribution in [2.75, 3.05) is 24.6 Å². The Morgan fingerprint density at radius 1 is 1.38 bits per heavy atom. The summed E-state index contributed by atoms with van der Waals surface area (Å²) in [4.78, 5) is 26.0. The first-order valence-electron chi connectivity index (χ1n) is 8.35. The molecule has 3 heterocycles. The molecule has 1 unspecified atom stereocenters. The van der Waals surface area contributed by atoms with Gasteiger partial charge >= 0.3 is 0 Å². The molecule has 0 amide bonds. The van der Waals surface area contributed by atoms with E-state index in [1.807, 2.05) is 19.1 Å². The SMILES string of the molecule is CCC1(C)CN(c2ccc(-c3nc(C)c(C)c(=O)[nH]3)cn2)CCO1. The van der Waals surface area contributed by atoms with Crippen molar-refractivity contribution in [3.8, 4) is 11.4 Å². The molecule has 24 heavy (non-hydrogen) atoms. The molecule has 1 N–H and O–H groups in total. The van der Waals surface area contributed by atoms with Crippen molar-refractivity contribution < 1.29 is 4.74 Å². The lowest BCUT2D eigenvalue weighted by atomic mass is 10.0. The van der Waals surface area contributed by atoms with Gasteiger partial charge in [-0.25, -0.2) is 9.97 Å². The summed E-state index contributed by atoms with van der Waals surface area (Å²) >= 11 is 0. The number of nitrogens with zero attached hydrogens (tertiary/aromatic N) is 3. The molecule has 0 radical (unpaired) electrons. The number of hydrogen-bond donors (Lipinski definition) is 1. The van der Waals surface area contributed by atoms with Crippen LogP contribution in [-0.2, 0) is 4.74 Å². The van der Waals surface area contributed by atoms with E-state index >= 15 is 0 Å². The molecular formula is C18H24N4O2. The first-order chi connectivity index (χ1) is 11.4. The summed E-state index contributed by atoms with van der Waals surface area (Å²) in [6.07, 6.45) is 2.73. The van der Waals surface area contributed by atoms with E-state index in [4.69, 9.17) is 4.74 Å². The summed E-state index contributed by atoms with van der Waals surface area (Å²) in [5.41, 5.74) is 1.97. The van der Waals surface area contributed by atoms with Gasteiger partial charge in [-0.1, -0.05) is 6.92 Å². The second-order valence-corrected chi connectivity index (χ2v) is 6.60. The van der Waals surface area contributed by atoms with Gasteiger partial charge in [-0.3, -0.25) is 4.79 Å². The van der Waals surface area contributed by atoms with Crippen molar-refractivity contribution in [1.29, 1.82) is 0 Å². The fraction of sp³-hybridized carbons (Fsp3) is 0.500. The lowest BCUT2D eigenvalue weighted by Crippen LogP contribution is -2.50. The van der Waals surface area contributed by atoms with Crippen LogP contribution in [-0.4, -0.2) is 40.2 Å². The summed E-state index contributed by atoms with van der Waals surface area (Å²) in [7, 11) is 0. The quantitative estimate of drug-likeness (QED) is 0.937. The Morgan fingerprint density at radius 3 is 2.79 bits per heavy atom. The summed E-state index contributed by atoms with van der Waals surface area (Å²) in [6, 6.07) is 3.93. The van der Waals surface area contributed by atoms with Gasteiger partial charge in [0.05, 0.1) is 12.2 Å². The molecule has 0 spiro atoms. The largest absolute Gasteiger partial charge is 0.372 e. The number of nitrogens with one attached hydrogen (secondary N) is 1. The summed E-state index contributed by atoms with van der Waals surface area (Å²) in [6.45, 7) is 10.3. The second kappa shape index (κ2) is 6.36. The fourth-order valence-electron chi connectivity index (χ4n) is 2.84. The maximum absolute atomic E-state index is 11.9. The van der Waals surface area contributed by atoms with Crippen LogP contribution in [0.1, 0.15) is 31.5 Å². The van der Waals surface area contributed by atoms with E-state index in [-0.39, 0.29) is 11.2 Å². The summed E-state index contributed by atoms with van der Waals surface area (Å²) < 4.78 is 5.88. The fourth-order valence-corrected chi connectivity index (χ4v) is 2.84. The molecule has 0 aliphatic carbocycles. The average Bonchev–Trinajstić information content (AvgIpc) is 2.59. The number of aromatic nitrogens is 3. The molecule has 1 saturated heterocycles. The molecule has 2 aromatic rings. The smallest absolute Gasteiger partial charge is 0.254 e. The van der Waals surface area contributed by atoms with Gasteiger partial charge in [0.25, 0.3) is 5.56 Å². The zero-order valence-corrected chi connectivity index (χ0v) is 14.7. The topological polar surface area (TPSA) is 71.1 Å². The number of ether oxygens (including phenoxy) is 1. The predicted octanol–water partition coefficient (Wildman–Crippen LogP) is 2.45.